The number of amides is 1. The number of hydrogen-bond acceptors (Lipinski definition) is 4. The largest absolute Gasteiger partial charge is 0.355 e. The summed E-state index contributed by atoms with van der Waals surface area (Å²) in [5, 5.41) is 12.1. The number of nitrogens with one attached hydrogen (secondary N) is 2. The summed E-state index contributed by atoms with van der Waals surface area (Å²) in [7, 11) is 1.63. The molecule has 0 aliphatic heterocycles. The molecule has 2 heterocycles. The smallest absolute Gasteiger partial charge is 0.251 e. The number of carbonyl (C=O) groups is 1. The second kappa shape index (κ2) is 5.17. The molecule has 0 aliphatic carbocycles. The number of rotatable bonds is 2. The molecule has 0 saturated heterocycles. The van der Waals surface area contributed by atoms with Crippen LogP contribution in [0.2, 0.25) is 0 Å². The number of aromatic nitrogens is 3. The average molecular weight is 322 g/mol. The molecule has 1 amide bonds. The van der Waals surface area contributed by atoms with E-state index in [9.17, 15) is 4.79 Å². The van der Waals surface area contributed by atoms with E-state index < -0.39 is 0 Å². The summed E-state index contributed by atoms with van der Waals surface area (Å²) >= 11 is 1.67. The van der Waals surface area contributed by atoms with Crippen molar-refractivity contribution >= 4 is 38.4 Å². The summed E-state index contributed by atoms with van der Waals surface area (Å²) in [6.07, 6.45) is 0. The predicted molar refractivity (Wildman–Crippen MR) is 92.8 cm³/mol. The van der Waals surface area contributed by atoms with Gasteiger partial charge in [-0.2, -0.15) is 5.10 Å². The number of H-pyrrole nitrogens is 1. The van der Waals surface area contributed by atoms with E-state index in [1.165, 1.54) is 0 Å². The normalized spacial score (nSPS) is 11.2. The number of aromatic amines is 1. The molecular weight excluding hydrogens is 308 g/mol. The van der Waals surface area contributed by atoms with Gasteiger partial charge in [-0.1, -0.05) is 6.07 Å². The Morgan fingerprint density at radius 1 is 1.22 bits per heavy atom. The fraction of sp³-hybridized carbons (Fsp3) is 0.118. The lowest BCUT2D eigenvalue weighted by molar-refractivity contribution is 0.0963. The van der Waals surface area contributed by atoms with Crippen LogP contribution in [-0.4, -0.2) is 28.1 Å². The van der Waals surface area contributed by atoms with Crippen molar-refractivity contribution in [3.05, 3.63) is 47.0 Å². The summed E-state index contributed by atoms with van der Waals surface area (Å²) in [6, 6.07) is 11.7. The maximum absolute atomic E-state index is 11.9. The van der Waals surface area contributed by atoms with Crippen LogP contribution in [0.15, 0.2) is 36.4 Å². The fourth-order valence-corrected chi connectivity index (χ4v) is 3.57. The molecule has 4 aromatic rings. The number of hydrogen-bond donors (Lipinski definition) is 2. The Bertz CT molecular complexity index is 1050. The maximum atomic E-state index is 11.9. The second-order valence-corrected chi connectivity index (χ2v) is 6.56. The molecule has 2 aromatic heterocycles. The highest BCUT2D eigenvalue weighted by atomic mass is 32.1. The zero-order valence-electron chi connectivity index (χ0n) is 12.7. The minimum atomic E-state index is -0.104. The maximum Gasteiger partial charge on any atom is 0.251 e. The van der Waals surface area contributed by atoms with E-state index in [-0.39, 0.29) is 5.91 Å². The molecule has 23 heavy (non-hydrogen) atoms. The van der Waals surface area contributed by atoms with E-state index in [1.807, 2.05) is 31.2 Å². The standard InChI is InChI=1S/C17H14N4OS/c1-9-19-14-6-3-10(8-15(14)23-9)16-12-7-11(17(22)18-2)4-5-13(12)20-21-16/h3-8H,1-2H3,(H,18,22)(H,20,21). The highest BCUT2D eigenvalue weighted by Crippen LogP contribution is 2.31. The first kappa shape index (κ1) is 13.9. The lowest BCUT2D eigenvalue weighted by atomic mass is 10.1. The van der Waals surface area contributed by atoms with Crippen molar-refractivity contribution in [3.63, 3.8) is 0 Å². The van der Waals surface area contributed by atoms with Crippen LogP contribution < -0.4 is 5.32 Å². The van der Waals surface area contributed by atoms with Gasteiger partial charge in [0.2, 0.25) is 0 Å². The van der Waals surface area contributed by atoms with E-state index >= 15 is 0 Å². The molecular formula is C17H14N4OS. The predicted octanol–water partition coefficient (Wildman–Crippen LogP) is 3.51. The molecule has 0 radical (unpaired) electrons. The van der Waals surface area contributed by atoms with Gasteiger partial charge in [-0.3, -0.25) is 9.89 Å². The number of thiazole rings is 1. The van der Waals surface area contributed by atoms with Gasteiger partial charge in [-0.05, 0) is 37.3 Å². The molecule has 114 valence electrons. The van der Waals surface area contributed by atoms with Crippen LogP contribution in [0.25, 0.3) is 32.4 Å². The van der Waals surface area contributed by atoms with E-state index in [0.29, 0.717) is 5.56 Å². The molecule has 0 atom stereocenters. The van der Waals surface area contributed by atoms with Gasteiger partial charge in [0.25, 0.3) is 5.91 Å². The van der Waals surface area contributed by atoms with Crippen LogP contribution in [0.1, 0.15) is 15.4 Å². The molecule has 2 N–H and O–H groups in total. The van der Waals surface area contributed by atoms with Gasteiger partial charge in [-0.15, -0.1) is 11.3 Å². The zero-order chi connectivity index (χ0) is 16.0. The Kier molecular flexibility index (Phi) is 3.12. The molecule has 6 heteroatoms. The van der Waals surface area contributed by atoms with Crippen LogP contribution >= 0.6 is 11.3 Å². The third-order valence-electron chi connectivity index (χ3n) is 3.82. The Balaban J connectivity index is 1.90. The van der Waals surface area contributed by atoms with Crippen molar-refractivity contribution in [2.75, 3.05) is 7.05 Å². The lowest BCUT2D eigenvalue weighted by Gasteiger charge is -2.01. The van der Waals surface area contributed by atoms with Crippen molar-refractivity contribution in [3.8, 4) is 11.3 Å². The van der Waals surface area contributed by atoms with E-state index in [4.69, 9.17) is 0 Å². The zero-order valence-corrected chi connectivity index (χ0v) is 13.5. The van der Waals surface area contributed by atoms with E-state index in [2.05, 4.69) is 26.6 Å². The summed E-state index contributed by atoms with van der Waals surface area (Å²) in [4.78, 5) is 16.3. The number of carbonyl (C=O) groups excluding carboxylic acids is 1. The topological polar surface area (TPSA) is 70.7 Å². The third kappa shape index (κ3) is 2.27. The number of aryl methyl sites for hydroxylation is 1. The molecule has 0 spiro atoms. The molecule has 4 rings (SSSR count). The Labute approximate surface area is 136 Å². The Morgan fingerprint density at radius 2 is 2.09 bits per heavy atom. The first-order valence-electron chi connectivity index (χ1n) is 7.23. The quantitative estimate of drug-likeness (QED) is 0.593. The highest BCUT2D eigenvalue weighted by Gasteiger charge is 2.12. The number of benzene rings is 2. The SMILES string of the molecule is CNC(=O)c1ccc2[nH]nc(-c3ccc4nc(C)sc4c3)c2c1. The van der Waals surface area contributed by atoms with Crippen molar-refractivity contribution in [1.82, 2.24) is 20.5 Å². The monoisotopic (exact) mass is 322 g/mol. The van der Waals surface area contributed by atoms with Gasteiger partial charge >= 0.3 is 0 Å². The molecule has 0 bridgehead atoms. The van der Waals surface area contributed by atoms with Crippen molar-refractivity contribution in [1.29, 1.82) is 0 Å². The second-order valence-electron chi connectivity index (χ2n) is 5.33. The van der Waals surface area contributed by atoms with Gasteiger partial charge < -0.3 is 5.32 Å². The van der Waals surface area contributed by atoms with Crippen molar-refractivity contribution in [2.45, 2.75) is 6.92 Å². The summed E-state index contributed by atoms with van der Waals surface area (Å²) < 4.78 is 1.14. The summed E-state index contributed by atoms with van der Waals surface area (Å²) in [5.41, 5.74) is 4.40. The molecule has 0 fully saturated rings. The Hall–Kier alpha value is -2.73. The summed E-state index contributed by atoms with van der Waals surface area (Å²) in [5.74, 6) is -0.104. The molecule has 0 unspecified atom stereocenters. The lowest BCUT2D eigenvalue weighted by Crippen LogP contribution is -2.17. The minimum Gasteiger partial charge on any atom is -0.355 e. The van der Waals surface area contributed by atoms with Crippen LogP contribution in [0, 0.1) is 6.92 Å². The van der Waals surface area contributed by atoms with E-state index in [0.717, 1.165) is 37.4 Å². The van der Waals surface area contributed by atoms with Gasteiger partial charge in [0.1, 0.15) is 0 Å². The van der Waals surface area contributed by atoms with Gasteiger partial charge in [0.15, 0.2) is 0 Å². The van der Waals surface area contributed by atoms with Crippen molar-refractivity contribution < 1.29 is 4.79 Å². The first-order valence-corrected chi connectivity index (χ1v) is 8.05. The van der Waals surface area contributed by atoms with Gasteiger partial charge in [-0.25, -0.2) is 4.98 Å². The molecule has 0 saturated carbocycles. The number of nitrogens with zero attached hydrogens (tertiary/aromatic N) is 2. The molecule has 0 aliphatic rings. The van der Waals surface area contributed by atoms with Crippen LogP contribution in [0.4, 0.5) is 0 Å². The highest BCUT2D eigenvalue weighted by molar-refractivity contribution is 7.18. The van der Waals surface area contributed by atoms with E-state index in [1.54, 1.807) is 24.5 Å². The van der Waals surface area contributed by atoms with Crippen LogP contribution in [0.3, 0.4) is 0 Å². The van der Waals surface area contributed by atoms with Crippen LogP contribution in [0.5, 0.6) is 0 Å². The third-order valence-corrected chi connectivity index (χ3v) is 4.75. The first-order chi connectivity index (χ1) is 11.2. The summed E-state index contributed by atoms with van der Waals surface area (Å²) in [6.45, 7) is 2.00. The average Bonchev–Trinajstić information content (AvgIpc) is 3.14. The van der Waals surface area contributed by atoms with Crippen molar-refractivity contribution in [2.24, 2.45) is 0 Å². The molecule has 2 aromatic carbocycles. The molecule has 5 nitrogen and oxygen atoms in total. The van der Waals surface area contributed by atoms with Gasteiger partial charge in [0, 0.05) is 23.6 Å². The fourth-order valence-electron chi connectivity index (χ4n) is 2.71. The Morgan fingerprint density at radius 3 is 2.91 bits per heavy atom. The minimum absolute atomic E-state index is 0.104. The van der Waals surface area contributed by atoms with Gasteiger partial charge in [0.05, 0.1) is 26.4 Å². The number of fused-ring (bicyclic) bond motifs is 2. The van der Waals surface area contributed by atoms with Crippen LogP contribution in [-0.2, 0) is 0 Å².